The van der Waals surface area contributed by atoms with Crippen LogP contribution in [0.2, 0.25) is 0 Å². The summed E-state index contributed by atoms with van der Waals surface area (Å²) in [7, 11) is 3.58. The number of hydrogen-bond donors (Lipinski definition) is 2. The summed E-state index contributed by atoms with van der Waals surface area (Å²) < 4.78 is 0. The number of rotatable bonds is 4. The Morgan fingerprint density at radius 1 is 1.25 bits per heavy atom. The molecule has 0 radical (unpaired) electrons. The van der Waals surface area contributed by atoms with E-state index in [4.69, 9.17) is 5.73 Å². The van der Waals surface area contributed by atoms with Gasteiger partial charge < -0.3 is 16.0 Å². The van der Waals surface area contributed by atoms with Crippen LogP contribution in [0.5, 0.6) is 0 Å². The Balaban J connectivity index is 2.28. The first-order valence-corrected chi connectivity index (χ1v) is 5.73. The number of primary amides is 1. The molecule has 1 saturated carbocycles. The first-order valence-electron chi connectivity index (χ1n) is 5.73. The summed E-state index contributed by atoms with van der Waals surface area (Å²) in [6.07, 6.45) is 3.68. The molecule has 0 atom stereocenters. The van der Waals surface area contributed by atoms with Crippen LogP contribution in [-0.2, 0) is 9.59 Å². The van der Waals surface area contributed by atoms with E-state index < -0.39 is 0 Å². The summed E-state index contributed by atoms with van der Waals surface area (Å²) in [6, 6.07) is 0.332. The molecule has 1 aliphatic rings. The van der Waals surface area contributed by atoms with Crippen molar-refractivity contribution in [3.63, 3.8) is 0 Å². The van der Waals surface area contributed by atoms with Crippen LogP contribution in [0.4, 0.5) is 0 Å². The fourth-order valence-corrected chi connectivity index (χ4v) is 2.15. The van der Waals surface area contributed by atoms with Crippen molar-refractivity contribution in [1.82, 2.24) is 10.2 Å². The quantitative estimate of drug-likeness (QED) is 0.693. The van der Waals surface area contributed by atoms with E-state index in [1.165, 1.54) is 0 Å². The third-order valence-electron chi connectivity index (χ3n) is 3.08. The minimum atomic E-state index is -0.327. The fraction of sp³-hybridized carbons (Fsp3) is 0.818. The van der Waals surface area contributed by atoms with Gasteiger partial charge in [0.1, 0.15) is 0 Å². The smallest absolute Gasteiger partial charge is 0.231 e. The van der Waals surface area contributed by atoms with Gasteiger partial charge in [0.2, 0.25) is 11.8 Å². The molecule has 0 bridgehead atoms. The highest BCUT2D eigenvalue weighted by Crippen LogP contribution is 2.25. The van der Waals surface area contributed by atoms with E-state index in [0.717, 1.165) is 25.7 Å². The van der Waals surface area contributed by atoms with E-state index in [1.54, 1.807) is 19.0 Å². The Hall–Kier alpha value is -1.10. The van der Waals surface area contributed by atoms with Crippen LogP contribution in [0.1, 0.15) is 25.7 Å². The second kappa shape index (κ2) is 5.84. The molecular weight excluding hydrogens is 206 g/mol. The van der Waals surface area contributed by atoms with Gasteiger partial charge in [0.05, 0.1) is 6.54 Å². The minimum absolute atomic E-state index is 0.154. The summed E-state index contributed by atoms with van der Waals surface area (Å²) in [4.78, 5) is 24.0. The Bertz CT molecular complexity index is 258. The van der Waals surface area contributed by atoms with Crippen molar-refractivity contribution in [3.8, 4) is 0 Å². The Labute approximate surface area is 96.4 Å². The maximum Gasteiger partial charge on any atom is 0.231 e. The lowest BCUT2D eigenvalue weighted by molar-refractivity contribution is -0.134. The molecular formula is C11H21N3O2. The summed E-state index contributed by atoms with van der Waals surface area (Å²) in [5.41, 5.74) is 5.06. The van der Waals surface area contributed by atoms with Gasteiger partial charge in [-0.1, -0.05) is 0 Å². The van der Waals surface area contributed by atoms with Crippen molar-refractivity contribution >= 4 is 11.8 Å². The van der Waals surface area contributed by atoms with E-state index in [2.05, 4.69) is 5.32 Å². The van der Waals surface area contributed by atoms with Gasteiger partial charge in [-0.15, -0.1) is 0 Å². The number of carbonyl (C=O) groups excluding carboxylic acids is 2. The fourth-order valence-electron chi connectivity index (χ4n) is 2.15. The SMILES string of the molecule is CN(C)C(=O)C1CCC(NCC(N)=O)CC1. The van der Waals surface area contributed by atoms with Crippen molar-refractivity contribution < 1.29 is 9.59 Å². The molecule has 1 fully saturated rings. The van der Waals surface area contributed by atoms with Crippen LogP contribution >= 0.6 is 0 Å². The molecule has 0 spiro atoms. The largest absolute Gasteiger partial charge is 0.369 e. The lowest BCUT2D eigenvalue weighted by atomic mass is 9.85. The maximum atomic E-state index is 11.7. The van der Waals surface area contributed by atoms with Crippen molar-refractivity contribution in [2.24, 2.45) is 11.7 Å². The number of carbonyl (C=O) groups is 2. The van der Waals surface area contributed by atoms with Gasteiger partial charge in [-0.25, -0.2) is 0 Å². The molecule has 1 rings (SSSR count). The highest BCUT2D eigenvalue weighted by Gasteiger charge is 2.26. The first kappa shape index (κ1) is 13.0. The molecule has 0 aromatic heterocycles. The average Bonchev–Trinajstić information content (AvgIpc) is 2.26. The van der Waals surface area contributed by atoms with Crippen molar-refractivity contribution in [1.29, 1.82) is 0 Å². The lowest BCUT2D eigenvalue weighted by Gasteiger charge is -2.29. The van der Waals surface area contributed by atoms with Crippen LogP contribution < -0.4 is 11.1 Å². The molecule has 0 aromatic rings. The molecule has 0 aromatic carbocycles. The summed E-state index contributed by atoms with van der Waals surface area (Å²) in [5, 5.41) is 3.11. The second-order valence-corrected chi connectivity index (χ2v) is 4.63. The van der Waals surface area contributed by atoms with E-state index in [1.807, 2.05) is 0 Å². The molecule has 0 saturated heterocycles. The molecule has 1 aliphatic carbocycles. The zero-order valence-electron chi connectivity index (χ0n) is 10.0. The summed E-state index contributed by atoms with van der Waals surface area (Å²) in [6.45, 7) is 0.233. The standard InChI is InChI=1S/C11H21N3O2/c1-14(2)11(16)8-3-5-9(6-4-8)13-7-10(12)15/h8-9,13H,3-7H2,1-2H3,(H2,12,15). The molecule has 0 heterocycles. The monoisotopic (exact) mass is 227 g/mol. The third-order valence-corrected chi connectivity index (χ3v) is 3.08. The van der Waals surface area contributed by atoms with Crippen LogP contribution in [0, 0.1) is 5.92 Å². The molecule has 5 nitrogen and oxygen atoms in total. The highest BCUT2D eigenvalue weighted by atomic mass is 16.2. The Morgan fingerprint density at radius 2 is 1.81 bits per heavy atom. The Kier molecular flexibility index (Phi) is 4.73. The van der Waals surface area contributed by atoms with Crippen LogP contribution in [0.3, 0.4) is 0 Å². The molecule has 3 N–H and O–H groups in total. The maximum absolute atomic E-state index is 11.7. The van der Waals surface area contributed by atoms with Crippen molar-refractivity contribution in [3.05, 3.63) is 0 Å². The first-order chi connectivity index (χ1) is 7.50. The molecule has 0 aliphatic heterocycles. The highest BCUT2D eigenvalue weighted by molar-refractivity contribution is 5.78. The zero-order valence-corrected chi connectivity index (χ0v) is 10.0. The minimum Gasteiger partial charge on any atom is -0.369 e. The predicted molar refractivity (Wildman–Crippen MR) is 61.6 cm³/mol. The van der Waals surface area contributed by atoms with Crippen molar-refractivity contribution in [2.75, 3.05) is 20.6 Å². The van der Waals surface area contributed by atoms with E-state index >= 15 is 0 Å². The molecule has 16 heavy (non-hydrogen) atoms. The molecule has 92 valence electrons. The van der Waals surface area contributed by atoms with Crippen LogP contribution in [0.15, 0.2) is 0 Å². The van der Waals surface area contributed by atoms with Gasteiger partial charge in [-0.3, -0.25) is 9.59 Å². The van der Waals surface area contributed by atoms with Gasteiger partial charge in [0, 0.05) is 26.1 Å². The zero-order chi connectivity index (χ0) is 12.1. The van der Waals surface area contributed by atoms with Gasteiger partial charge >= 0.3 is 0 Å². The molecule has 0 unspecified atom stereocenters. The van der Waals surface area contributed by atoms with E-state index in [-0.39, 0.29) is 24.3 Å². The summed E-state index contributed by atoms with van der Waals surface area (Å²) in [5.74, 6) is 0.0430. The number of nitrogens with zero attached hydrogens (tertiary/aromatic N) is 1. The lowest BCUT2D eigenvalue weighted by Crippen LogP contribution is -2.41. The summed E-state index contributed by atoms with van der Waals surface area (Å²) >= 11 is 0. The third kappa shape index (κ3) is 3.81. The number of nitrogens with one attached hydrogen (secondary N) is 1. The van der Waals surface area contributed by atoms with E-state index in [9.17, 15) is 9.59 Å². The van der Waals surface area contributed by atoms with Gasteiger partial charge in [0.25, 0.3) is 0 Å². The normalized spacial score (nSPS) is 25.1. The van der Waals surface area contributed by atoms with Crippen molar-refractivity contribution in [2.45, 2.75) is 31.7 Å². The topological polar surface area (TPSA) is 75.4 Å². The second-order valence-electron chi connectivity index (χ2n) is 4.63. The molecule has 2 amide bonds. The van der Waals surface area contributed by atoms with Gasteiger partial charge in [-0.05, 0) is 25.7 Å². The van der Waals surface area contributed by atoms with Crippen LogP contribution in [0.25, 0.3) is 0 Å². The van der Waals surface area contributed by atoms with Gasteiger partial charge in [-0.2, -0.15) is 0 Å². The number of nitrogens with two attached hydrogens (primary N) is 1. The van der Waals surface area contributed by atoms with Gasteiger partial charge in [0.15, 0.2) is 0 Å². The molecule has 5 heteroatoms. The number of hydrogen-bond acceptors (Lipinski definition) is 3. The van der Waals surface area contributed by atoms with Crippen LogP contribution in [-0.4, -0.2) is 43.4 Å². The Morgan fingerprint density at radius 3 is 2.25 bits per heavy atom. The number of amides is 2. The van der Waals surface area contributed by atoms with E-state index in [0.29, 0.717) is 6.04 Å². The predicted octanol–water partition coefficient (Wildman–Crippen LogP) is -0.292. The average molecular weight is 227 g/mol.